The first-order chi connectivity index (χ1) is 14.4. The van der Waals surface area contributed by atoms with Gasteiger partial charge in [-0.1, -0.05) is 48.0 Å². The molecule has 0 bridgehead atoms. The van der Waals surface area contributed by atoms with Crippen molar-refractivity contribution in [2.75, 3.05) is 32.7 Å². The maximum atomic E-state index is 12.7. The van der Waals surface area contributed by atoms with Crippen LogP contribution in [0.25, 0.3) is 6.08 Å². The van der Waals surface area contributed by atoms with Gasteiger partial charge in [0.15, 0.2) is 0 Å². The average molecular weight is 428 g/mol. The number of sulfonamides is 1. The Morgan fingerprint density at radius 3 is 2.23 bits per heavy atom. The predicted molar refractivity (Wildman–Crippen MR) is 115 cm³/mol. The quantitative estimate of drug-likeness (QED) is 0.711. The molecule has 1 aliphatic heterocycles. The van der Waals surface area contributed by atoms with Crippen molar-refractivity contribution >= 4 is 27.9 Å². The van der Waals surface area contributed by atoms with Gasteiger partial charge < -0.3 is 10.2 Å². The summed E-state index contributed by atoms with van der Waals surface area (Å²) >= 11 is 0. The van der Waals surface area contributed by atoms with E-state index in [4.69, 9.17) is 0 Å². The standard InChI is InChI=1S/C22H25N3O4S/c1-18-7-10-20(11-8-18)30(28,29)25-15-13-24(14-16-25)22(27)17-23-21(26)12-9-19-5-3-2-4-6-19/h2-12H,13-17H2,1H3,(H,23,26)/b12-9+. The van der Waals surface area contributed by atoms with Gasteiger partial charge in [0, 0.05) is 32.3 Å². The molecule has 0 saturated carbocycles. The highest BCUT2D eigenvalue weighted by molar-refractivity contribution is 7.89. The van der Waals surface area contributed by atoms with E-state index < -0.39 is 10.0 Å². The Hall–Kier alpha value is -2.97. The van der Waals surface area contributed by atoms with Gasteiger partial charge in [-0.05, 0) is 30.7 Å². The summed E-state index contributed by atoms with van der Waals surface area (Å²) in [6, 6.07) is 16.1. The fourth-order valence-corrected chi connectivity index (χ4v) is 4.53. The van der Waals surface area contributed by atoms with Crippen LogP contribution >= 0.6 is 0 Å². The first-order valence-corrected chi connectivity index (χ1v) is 11.2. The van der Waals surface area contributed by atoms with Crippen LogP contribution in [0, 0.1) is 6.92 Å². The number of aryl methyl sites for hydroxylation is 1. The second-order valence-electron chi connectivity index (χ2n) is 7.06. The molecule has 0 aromatic heterocycles. The van der Waals surface area contributed by atoms with E-state index in [0.29, 0.717) is 13.1 Å². The fourth-order valence-electron chi connectivity index (χ4n) is 3.11. The number of carbonyl (C=O) groups excluding carboxylic acids is 2. The molecule has 8 heteroatoms. The van der Waals surface area contributed by atoms with E-state index in [-0.39, 0.29) is 36.3 Å². The molecule has 1 fully saturated rings. The number of hydrogen-bond acceptors (Lipinski definition) is 4. The molecule has 1 heterocycles. The van der Waals surface area contributed by atoms with E-state index in [1.165, 1.54) is 10.4 Å². The molecule has 158 valence electrons. The molecule has 30 heavy (non-hydrogen) atoms. The number of amides is 2. The number of carbonyl (C=O) groups is 2. The highest BCUT2D eigenvalue weighted by atomic mass is 32.2. The molecule has 1 saturated heterocycles. The Kier molecular flexibility index (Phi) is 7.02. The van der Waals surface area contributed by atoms with Gasteiger partial charge in [0.1, 0.15) is 0 Å². The third kappa shape index (κ3) is 5.55. The molecule has 0 spiro atoms. The fraction of sp³-hybridized carbons (Fsp3) is 0.273. The van der Waals surface area contributed by atoms with Gasteiger partial charge in [0.25, 0.3) is 0 Å². The van der Waals surface area contributed by atoms with Crippen molar-refractivity contribution in [1.82, 2.24) is 14.5 Å². The zero-order chi connectivity index (χ0) is 21.6. The first-order valence-electron chi connectivity index (χ1n) is 9.72. The first kappa shape index (κ1) is 21.7. The molecule has 1 N–H and O–H groups in total. The lowest BCUT2D eigenvalue weighted by Crippen LogP contribution is -2.52. The molecular formula is C22H25N3O4S. The van der Waals surface area contributed by atoms with Gasteiger partial charge in [0.05, 0.1) is 11.4 Å². The molecule has 0 unspecified atom stereocenters. The molecule has 1 aliphatic rings. The monoisotopic (exact) mass is 427 g/mol. The predicted octanol–water partition coefficient (Wildman–Crippen LogP) is 1.66. The molecule has 2 aromatic rings. The Bertz CT molecular complexity index is 1010. The third-order valence-electron chi connectivity index (χ3n) is 4.89. The van der Waals surface area contributed by atoms with E-state index in [0.717, 1.165) is 11.1 Å². The van der Waals surface area contributed by atoms with Crippen LogP contribution in [-0.2, 0) is 19.6 Å². The Balaban J connectivity index is 1.47. The topological polar surface area (TPSA) is 86.8 Å². The SMILES string of the molecule is Cc1ccc(S(=O)(=O)N2CCN(C(=O)CNC(=O)/C=C/c3ccccc3)CC2)cc1. The van der Waals surface area contributed by atoms with E-state index in [2.05, 4.69) is 5.32 Å². The lowest BCUT2D eigenvalue weighted by atomic mass is 10.2. The maximum absolute atomic E-state index is 12.7. The van der Waals surface area contributed by atoms with Gasteiger partial charge in [-0.25, -0.2) is 8.42 Å². The number of hydrogen-bond donors (Lipinski definition) is 1. The zero-order valence-electron chi connectivity index (χ0n) is 16.8. The Morgan fingerprint density at radius 1 is 0.967 bits per heavy atom. The van der Waals surface area contributed by atoms with Gasteiger partial charge in [-0.15, -0.1) is 0 Å². The van der Waals surface area contributed by atoms with Gasteiger partial charge in [-0.2, -0.15) is 4.31 Å². The second kappa shape index (κ2) is 9.69. The summed E-state index contributed by atoms with van der Waals surface area (Å²) in [4.78, 5) is 26.1. The number of benzene rings is 2. The van der Waals surface area contributed by atoms with Crippen LogP contribution in [0.4, 0.5) is 0 Å². The van der Waals surface area contributed by atoms with Crippen LogP contribution in [0.5, 0.6) is 0 Å². The second-order valence-corrected chi connectivity index (χ2v) is 9.00. The highest BCUT2D eigenvalue weighted by Gasteiger charge is 2.29. The number of nitrogens with one attached hydrogen (secondary N) is 1. The van der Waals surface area contributed by atoms with E-state index in [1.54, 1.807) is 35.2 Å². The van der Waals surface area contributed by atoms with Crippen LogP contribution in [0.1, 0.15) is 11.1 Å². The smallest absolute Gasteiger partial charge is 0.244 e. The lowest BCUT2D eigenvalue weighted by Gasteiger charge is -2.34. The molecule has 3 rings (SSSR count). The summed E-state index contributed by atoms with van der Waals surface area (Å²) < 4.78 is 26.9. The van der Waals surface area contributed by atoms with Crippen molar-refractivity contribution < 1.29 is 18.0 Å². The molecule has 2 amide bonds. The maximum Gasteiger partial charge on any atom is 0.244 e. The summed E-state index contributed by atoms with van der Waals surface area (Å²) in [6.45, 7) is 2.81. The van der Waals surface area contributed by atoms with Crippen LogP contribution in [0.15, 0.2) is 65.6 Å². The van der Waals surface area contributed by atoms with E-state index >= 15 is 0 Å². The van der Waals surface area contributed by atoms with Crippen molar-refractivity contribution in [3.63, 3.8) is 0 Å². The normalized spacial score (nSPS) is 15.3. The van der Waals surface area contributed by atoms with Crippen LogP contribution < -0.4 is 5.32 Å². The summed E-state index contributed by atoms with van der Waals surface area (Å²) in [5.74, 6) is -0.586. The lowest BCUT2D eigenvalue weighted by molar-refractivity contribution is -0.133. The van der Waals surface area contributed by atoms with Gasteiger partial charge in [-0.3, -0.25) is 9.59 Å². The van der Waals surface area contributed by atoms with Crippen molar-refractivity contribution in [3.8, 4) is 0 Å². The zero-order valence-corrected chi connectivity index (χ0v) is 17.6. The number of nitrogens with zero attached hydrogens (tertiary/aromatic N) is 2. The minimum atomic E-state index is -3.57. The van der Waals surface area contributed by atoms with Gasteiger partial charge in [0.2, 0.25) is 21.8 Å². The third-order valence-corrected chi connectivity index (χ3v) is 6.80. The van der Waals surface area contributed by atoms with Crippen LogP contribution in [0.3, 0.4) is 0 Å². The van der Waals surface area contributed by atoms with Crippen molar-refractivity contribution in [2.45, 2.75) is 11.8 Å². The summed E-state index contributed by atoms with van der Waals surface area (Å²) in [5, 5.41) is 2.57. The van der Waals surface area contributed by atoms with Crippen LogP contribution in [0.2, 0.25) is 0 Å². The molecule has 2 aromatic carbocycles. The minimum absolute atomic E-state index is 0.122. The van der Waals surface area contributed by atoms with E-state index in [9.17, 15) is 18.0 Å². The largest absolute Gasteiger partial charge is 0.343 e. The molecule has 0 atom stereocenters. The van der Waals surface area contributed by atoms with Crippen molar-refractivity contribution in [3.05, 3.63) is 71.8 Å². The van der Waals surface area contributed by atoms with Crippen molar-refractivity contribution in [2.24, 2.45) is 0 Å². The molecule has 7 nitrogen and oxygen atoms in total. The van der Waals surface area contributed by atoms with E-state index in [1.807, 2.05) is 37.3 Å². The number of rotatable bonds is 6. The molecule has 0 radical (unpaired) electrons. The van der Waals surface area contributed by atoms with Crippen molar-refractivity contribution in [1.29, 1.82) is 0 Å². The highest BCUT2D eigenvalue weighted by Crippen LogP contribution is 2.18. The van der Waals surface area contributed by atoms with Gasteiger partial charge >= 0.3 is 0 Å². The molecular weight excluding hydrogens is 402 g/mol. The number of piperazine rings is 1. The summed E-state index contributed by atoms with van der Waals surface area (Å²) in [5.41, 5.74) is 1.88. The van der Waals surface area contributed by atoms with Crippen LogP contribution in [-0.4, -0.2) is 62.2 Å². The average Bonchev–Trinajstić information content (AvgIpc) is 2.77. The molecule has 0 aliphatic carbocycles. The summed E-state index contributed by atoms with van der Waals surface area (Å²) in [7, 11) is -3.57. The Morgan fingerprint density at radius 2 is 1.60 bits per heavy atom. The summed E-state index contributed by atoms with van der Waals surface area (Å²) in [6.07, 6.45) is 3.06. The Labute approximate surface area is 177 Å². The minimum Gasteiger partial charge on any atom is -0.343 e.